The summed E-state index contributed by atoms with van der Waals surface area (Å²) in [5.41, 5.74) is 7.19. The maximum atomic E-state index is 11.8. The van der Waals surface area contributed by atoms with E-state index >= 15 is 0 Å². The highest BCUT2D eigenvalue weighted by molar-refractivity contribution is 7.19. The van der Waals surface area contributed by atoms with Crippen LogP contribution in [0.4, 0.5) is 0 Å². The first-order chi connectivity index (χ1) is 18.2. The van der Waals surface area contributed by atoms with E-state index in [4.69, 9.17) is 31.3 Å². The molecule has 0 bridgehead atoms. The first-order valence-corrected chi connectivity index (χ1v) is 13.6. The Morgan fingerprint density at radius 3 is 2.45 bits per heavy atom. The number of nitrogens with zero attached hydrogens (tertiary/aromatic N) is 3. The molecule has 3 N–H and O–H groups in total. The molecule has 9 nitrogen and oxygen atoms in total. The van der Waals surface area contributed by atoms with E-state index in [0.717, 1.165) is 10.3 Å². The molecule has 0 aliphatic carbocycles. The monoisotopic (exact) mass is 560 g/mol. The van der Waals surface area contributed by atoms with Crippen molar-refractivity contribution in [3.05, 3.63) is 52.1 Å². The molecule has 1 aliphatic heterocycles. The van der Waals surface area contributed by atoms with Gasteiger partial charge in [-0.1, -0.05) is 16.8 Å². The van der Waals surface area contributed by atoms with Gasteiger partial charge in [-0.3, -0.25) is 0 Å². The molecule has 0 radical (unpaired) electrons. The van der Waals surface area contributed by atoms with Crippen molar-refractivity contribution in [2.75, 3.05) is 27.3 Å². The third-order valence-electron chi connectivity index (χ3n) is 6.63. The van der Waals surface area contributed by atoms with Crippen molar-refractivity contribution >= 4 is 39.8 Å². The van der Waals surface area contributed by atoms with Gasteiger partial charge in [0.25, 0.3) is 0 Å². The minimum Gasteiger partial charge on any atom is -0.493 e. The molecule has 0 spiro atoms. The largest absolute Gasteiger partial charge is 0.493 e. The minimum atomic E-state index is -1.04. The standard InChI is InChI=1S/C19H15ClN2O5S.C8H18N2/c1-25-14-6-10-5-13(19(23)24)22(12(10)8-15(14)26-2)9-11-7-16(27-21-11)17-3-4-18(20)28-17;1-7(2)10-5-3-8(9)4-6-10/h3-8H,9H2,1-2H3,(H,23,24);7-8H,3-6,9H2,1-2H3. The van der Waals surface area contributed by atoms with Crippen LogP contribution in [0.5, 0.6) is 11.5 Å². The van der Waals surface area contributed by atoms with Crippen molar-refractivity contribution in [2.24, 2.45) is 5.73 Å². The Morgan fingerprint density at radius 1 is 1.18 bits per heavy atom. The molecule has 0 amide bonds. The minimum absolute atomic E-state index is 0.133. The number of fused-ring (bicyclic) bond motifs is 1. The van der Waals surface area contributed by atoms with Crippen molar-refractivity contribution in [2.45, 2.75) is 45.3 Å². The zero-order valence-electron chi connectivity index (χ0n) is 21.9. The number of carboxylic acids is 1. The van der Waals surface area contributed by atoms with E-state index in [1.165, 1.54) is 51.5 Å². The Kier molecular flexibility index (Phi) is 8.99. The lowest BCUT2D eigenvalue weighted by Gasteiger charge is -2.32. The second-order valence-corrected chi connectivity index (χ2v) is 11.2. The molecule has 0 atom stereocenters. The number of carbonyl (C=O) groups is 1. The average molecular weight is 561 g/mol. The number of aromatic carboxylic acids is 1. The van der Waals surface area contributed by atoms with Gasteiger partial charge in [-0.15, -0.1) is 11.3 Å². The SMILES string of the molecule is CC(C)N1CCC(N)CC1.COc1cc2cc(C(=O)O)n(Cc3cc(-c4ccc(Cl)s4)on3)c2cc1OC. The first kappa shape index (κ1) is 28.0. The summed E-state index contributed by atoms with van der Waals surface area (Å²) in [6.45, 7) is 7.11. The van der Waals surface area contributed by atoms with Crippen LogP contribution < -0.4 is 15.2 Å². The van der Waals surface area contributed by atoms with Gasteiger partial charge in [-0.2, -0.15) is 0 Å². The number of piperidine rings is 1. The number of rotatable bonds is 7. The van der Waals surface area contributed by atoms with Gasteiger partial charge in [0, 0.05) is 29.6 Å². The van der Waals surface area contributed by atoms with E-state index in [2.05, 4.69) is 23.9 Å². The summed E-state index contributed by atoms with van der Waals surface area (Å²) in [4.78, 5) is 15.1. The lowest BCUT2D eigenvalue weighted by molar-refractivity contribution is 0.0686. The first-order valence-electron chi connectivity index (χ1n) is 12.4. The fourth-order valence-electron chi connectivity index (χ4n) is 4.48. The molecule has 38 heavy (non-hydrogen) atoms. The highest BCUT2D eigenvalue weighted by atomic mass is 35.5. The predicted molar refractivity (Wildman–Crippen MR) is 150 cm³/mol. The quantitative estimate of drug-likeness (QED) is 0.300. The molecular formula is C27H33ClN4O5S. The van der Waals surface area contributed by atoms with Crippen molar-refractivity contribution < 1.29 is 23.9 Å². The molecule has 1 saturated heterocycles. The van der Waals surface area contributed by atoms with Crippen LogP contribution in [0, 0.1) is 0 Å². The van der Waals surface area contributed by atoms with Gasteiger partial charge in [0.1, 0.15) is 11.4 Å². The van der Waals surface area contributed by atoms with Gasteiger partial charge in [-0.25, -0.2) is 4.79 Å². The summed E-state index contributed by atoms with van der Waals surface area (Å²) in [7, 11) is 3.07. The zero-order valence-corrected chi connectivity index (χ0v) is 23.5. The molecule has 5 rings (SSSR count). The van der Waals surface area contributed by atoms with E-state index in [1.54, 1.807) is 34.9 Å². The summed E-state index contributed by atoms with van der Waals surface area (Å²) in [6, 6.07) is 11.7. The molecule has 204 valence electrons. The molecule has 4 aromatic rings. The van der Waals surface area contributed by atoms with Crippen molar-refractivity contribution in [3.63, 3.8) is 0 Å². The van der Waals surface area contributed by atoms with E-state index in [9.17, 15) is 9.90 Å². The molecule has 4 heterocycles. The number of likely N-dealkylation sites (tertiary alicyclic amines) is 1. The molecule has 0 unspecified atom stereocenters. The second-order valence-electron chi connectivity index (χ2n) is 9.44. The summed E-state index contributed by atoms with van der Waals surface area (Å²) in [5, 5.41) is 14.4. The normalized spacial score (nSPS) is 14.5. The van der Waals surface area contributed by atoms with Gasteiger partial charge < -0.3 is 34.3 Å². The second kappa shape index (κ2) is 12.2. The number of benzene rings is 1. The maximum absolute atomic E-state index is 11.8. The number of ether oxygens (including phenoxy) is 2. The Bertz CT molecular complexity index is 1390. The Labute approximate surface area is 230 Å². The summed E-state index contributed by atoms with van der Waals surface area (Å²) in [5.74, 6) is 0.588. The number of hydrogen-bond donors (Lipinski definition) is 2. The van der Waals surface area contributed by atoms with E-state index in [0.29, 0.717) is 44.9 Å². The number of hydrogen-bond acceptors (Lipinski definition) is 8. The average Bonchev–Trinajstić information content (AvgIpc) is 3.63. The summed E-state index contributed by atoms with van der Waals surface area (Å²) in [6.07, 6.45) is 2.36. The third kappa shape index (κ3) is 6.32. The van der Waals surface area contributed by atoms with E-state index in [-0.39, 0.29) is 12.2 Å². The Hall–Kier alpha value is -3.05. The molecule has 3 aromatic heterocycles. The van der Waals surface area contributed by atoms with Crippen molar-refractivity contribution in [1.82, 2.24) is 14.6 Å². The van der Waals surface area contributed by atoms with Crippen LogP contribution in [0.1, 0.15) is 42.9 Å². The maximum Gasteiger partial charge on any atom is 0.352 e. The van der Waals surface area contributed by atoms with Crippen molar-refractivity contribution in [3.8, 4) is 22.1 Å². The molecule has 0 saturated carbocycles. The molecule has 1 fully saturated rings. The molecule has 1 aromatic carbocycles. The summed E-state index contributed by atoms with van der Waals surface area (Å²) >= 11 is 7.35. The van der Waals surface area contributed by atoms with Gasteiger partial charge in [0.15, 0.2) is 17.3 Å². The highest BCUT2D eigenvalue weighted by Gasteiger charge is 2.20. The predicted octanol–water partition coefficient (Wildman–Crippen LogP) is 5.59. The van der Waals surface area contributed by atoms with Gasteiger partial charge in [0.2, 0.25) is 0 Å². The van der Waals surface area contributed by atoms with E-state index in [1.807, 2.05) is 6.07 Å². The fraction of sp³-hybridized carbons (Fsp3) is 0.407. The van der Waals surface area contributed by atoms with Crippen molar-refractivity contribution in [1.29, 1.82) is 0 Å². The topological polar surface area (TPSA) is 116 Å². The Morgan fingerprint density at radius 2 is 1.87 bits per heavy atom. The van der Waals surface area contributed by atoms with Crippen LogP contribution in [-0.4, -0.2) is 65.1 Å². The van der Waals surface area contributed by atoms with Gasteiger partial charge in [-0.05, 0) is 64.0 Å². The summed E-state index contributed by atoms with van der Waals surface area (Å²) < 4.78 is 18.4. The van der Waals surface area contributed by atoms with Crippen LogP contribution in [0.15, 0.2) is 40.9 Å². The van der Waals surface area contributed by atoms with Crippen LogP contribution in [0.25, 0.3) is 21.5 Å². The lowest BCUT2D eigenvalue weighted by atomic mass is 10.1. The molecular weight excluding hydrogens is 528 g/mol. The zero-order chi connectivity index (χ0) is 27.4. The number of halogens is 1. The lowest BCUT2D eigenvalue weighted by Crippen LogP contribution is -2.42. The van der Waals surface area contributed by atoms with Crippen LogP contribution in [0.3, 0.4) is 0 Å². The fourth-order valence-corrected chi connectivity index (χ4v) is 5.47. The number of thiophene rings is 1. The molecule has 1 aliphatic rings. The van der Waals surface area contributed by atoms with Gasteiger partial charge >= 0.3 is 5.97 Å². The third-order valence-corrected chi connectivity index (χ3v) is 7.87. The molecule has 11 heteroatoms. The highest BCUT2D eigenvalue weighted by Crippen LogP contribution is 2.35. The smallest absolute Gasteiger partial charge is 0.352 e. The van der Waals surface area contributed by atoms with E-state index < -0.39 is 5.97 Å². The van der Waals surface area contributed by atoms with Crippen LogP contribution in [-0.2, 0) is 6.54 Å². The number of aromatic nitrogens is 2. The van der Waals surface area contributed by atoms with Crippen LogP contribution in [0.2, 0.25) is 4.34 Å². The Balaban J connectivity index is 0.000000283. The number of methoxy groups -OCH3 is 2. The number of carboxylic acid groups (broad SMARTS) is 1. The van der Waals surface area contributed by atoms with Crippen LogP contribution >= 0.6 is 22.9 Å². The van der Waals surface area contributed by atoms with Gasteiger partial charge in [0.05, 0.1) is 35.5 Å². The number of nitrogens with two attached hydrogens (primary N) is 1.